The van der Waals surface area contributed by atoms with Gasteiger partial charge >= 0.3 is 0 Å². The van der Waals surface area contributed by atoms with Crippen LogP contribution in [0, 0.1) is 0 Å². The molecule has 1 aromatic rings. The van der Waals surface area contributed by atoms with Gasteiger partial charge in [0.15, 0.2) is 0 Å². The van der Waals surface area contributed by atoms with Crippen LogP contribution < -0.4 is 5.73 Å². The van der Waals surface area contributed by atoms with Crippen molar-refractivity contribution in [1.29, 1.82) is 0 Å². The predicted molar refractivity (Wildman–Crippen MR) is 38.2 cm³/mol. The van der Waals surface area contributed by atoms with E-state index in [1.165, 1.54) is 0 Å². The highest BCUT2D eigenvalue weighted by Crippen LogP contribution is 2.04. The van der Waals surface area contributed by atoms with Gasteiger partial charge in [-0.05, 0) is 6.92 Å². The first kappa shape index (κ1) is 7.08. The Morgan fingerprint density at radius 1 is 1.80 bits per heavy atom. The summed E-state index contributed by atoms with van der Waals surface area (Å²) in [5, 5.41) is 12.7. The third-order valence-corrected chi connectivity index (χ3v) is 1.34. The van der Waals surface area contributed by atoms with E-state index in [4.69, 9.17) is 10.8 Å². The number of rotatable bonds is 2. The smallest absolute Gasteiger partial charge is 0.145 e. The van der Waals surface area contributed by atoms with Crippen molar-refractivity contribution in [2.45, 2.75) is 20.1 Å². The van der Waals surface area contributed by atoms with Gasteiger partial charge in [-0.2, -0.15) is 5.10 Å². The number of aryl methyl sites for hydroxylation is 1. The molecule has 3 N–H and O–H groups in total. The molecule has 4 nitrogen and oxygen atoms in total. The van der Waals surface area contributed by atoms with Crippen LogP contribution in [0.2, 0.25) is 0 Å². The van der Waals surface area contributed by atoms with Crippen molar-refractivity contribution in [2.24, 2.45) is 0 Å². The molecule has 1 heterocycles. The molecule has 0 amide bonds. The quantitative estimate of drug-likeness (QED) is 0.608. The number of aliphatic hydroxyl groups excluding tert-OH is 1. The SMILES string of the molecule is CCn1nc(N)cc1CO. The molecule has 0 aliphatic heterocycles. The predicted octanol–water partition coefficient (Wildman–Crippen LogP) is -0.0225. The van der Waals surface area contributed by atoms with Crippen molar-refractivity contribution >= 4 is 5.82 Å². The van der Waals surface area contributed by atoms with Gasteiger partial charge in [-0.15, -0.1) is 0 Å². The van der Waals surface area contributed by atoms with E-state index in [1.807, 2.05) is 6.92 Å². The largest absolute Gasteiger partial charge is 0.390 e. The van der Waals surface area contributed by atoms with E-state index in [1.54, 1.807) is 10.7 Å². The molecule has 0 aliphatic rings. The van der Waals surface area contributed by atoms with Gasteiger partial charge < -0.3 is 10.8 Å². The van der Waals surface area contributed by atoms with E-state index in [-0.39, 0.29) is 6.61 Å². The molecule has 0 atom stereocenters. The minimum absolute atomic E-state index is 0.00194. The van der Waals surface area contributed by atoms with E-state index in [9.17, 15) is 0 Å². The fraction of sp³-hybridized carbons (Fsp3) is 0.500. The van der Waals surface area contributed by atoms with E-state index in [0.717, 1.165) is 12.2 Å². The van der Waals surface area contributed by atoms with Crippen molar-refractivity contribution in [1.82, 2.24) is 9.78 Å². The summed E-state index contributed by atoms with van der Waals surface area (Å²) in [6.45, 7) is 2.69. The summed E-state index contributed by atoms with van der Waals surface area (Å²) in [5.74, 6) is 0.464. The summed E-state index contributed by atoms with van der Waals surface area (Å²) in [7, 11) is 0. The highest BCUT2D eigenvalue weighted by molar-refractivity contribution is 5.29. The van der Waals surface area contributed by atoms with Crippen LogP contribution in [0.5, 0.6) is 0 Å². The second-order valence-corrected chi connectivity index (χ2v) is 2.03. The van der Waals surface area contributed by atoms with Gasteiger partial charge in [0, 0.05) is 12.6 Å². The summed E-state index contributed by atoms with van der Waals surface area (Å²) in [6, 6.07) is 1.67. The lowest BCUT2D eigenvalue weighted by molar-refractivity contribution is 0.268. The Morgan fingerprint density at radius 3 is 2.90 bits per heavy atom. The first-order chi connectivity index (χ1) is 4.77. The zero-order valence-electron chi connectivity index (χ0n) is 5.91. The number of nitrogens with two attached hydrogens (primary N) is 1. The summed E-state index contributed by atoms with van der Waals surface area (Å²) in [6.07, 6.45) is 0. The Kier molecular flexibility index (Phi) is 1.91. The van der Waals surface area contributed by atoms with Crippen LogP contribution in [0.1, 0.15) is 12.6 Å². The third-order valence-electron chi connectivity index (χ3n) is 1.34. The Labute approximate surface area is 59.3 Å². The normalized spacial score (nSPS) is 10.2. The van der Waals surface area contributed by atoms with Crippen molar-refractivity contribution < 1.29 is 5.11 Å². The minimum atomic E-state index is -0.00194. The van der Waals surface area contributed by atoms with Gasteiger partial charge in [0.05, 0.1) is 12.3 Å². The van der Waals surface area contributed by atoms with Crippen LogP contribution in [0.4, 0.5) is 5.82 Å². The number of nitrogen functional groups attached to an aromatic ring is 1. The molecule has 0 unspecified atom stereocenters. The molecule has 0 saturated heterocycles. The van der Waals surface area contributed by atoms with Crippen LogP contribution in [0.25, 0.3) is 0 Å². The Balaban J connectivity index is 2.96. The van der Waals surface area contributed by atoms with Crippen molar-refractivity contribution in [3.05, 3.63) is 11.8 Å². The molecular weight excluding hydrogens is 130 g/mol. The molecule has 0 spiro atoms. The monoisotopic (exact) mass is 141 g/mol. The van der Waals surface area contributed by atoms with E-state index >= 15 is 0 Å². The van der Waals surface area contributed by atoms with E-state index in [2.05, 4.69) is 5.10 Å². The number of aromatic nitrogens is 2. The van der Waals surface area contributed by atoms with Gasteiger partial charge in [0.25, 0.3) is 0 Å². The van der Waals surface area contributed by atoms with Crippen LogP contribution in [0.15, 0.2) is 6.07 Å². The Hall–Kier alpha value is -1.03. The molecule has 0 fully saturated rings. The van der Waals surface area contributed by atoms with Crippen LogP contribution in [-0.4, -0.2) is 14.9 Å². The summed E-state index contributed by atoms with van der Waals surface area (Å²) >= 11 is 0. The lowest BCUT2D eigenvalue weighted by Crippen LogP contribution is -2.02. The molecule has 0 bridgehead atoms. The molecule has 0 aliphatic carbocycles. The summed E-state index contributed by atoms with van der Waals surface area (Å²) < 4.78 is 1.68. The first-order valence-electron chi connectivity index (χ1n) is 3.21. The molecule has 1 aromatic heterocycles. The van der Waals surface area contributed by atoms with E-state index < -0.39 is 0 Å². The zero-order valence-corrected chi connectivity index (χ0v) is 5.91. The number of aliphatic hydroxyl groups is 1. The molecule has 4 heteroatoms. The van der Waals surface area contributed by atoms with E-state index in [0.29, 0.717) is 5.82 Å². The minimum Gasteiger partial charge on any atom is -0.390 e. The maximum atomic E-state index is 8.75. The van der Waals surface area contributed by atoms with Crippen LogP contribution in [0.3, 0.4) is 0 Å². The molecule has 0 aromatic carbocycles. The molecule has 10 heavy (non-hydrogen) atoms. The molecule has 0 radical (unpaired) electrons. The molecule has 0 saturated carbocycles. The van der Waals surface area contributed by atoms with Crippen molar-refractivity contribution in [3.63, 3.8) is 0 Å². The third kappa shape index (κ3) is 1.11. The maximum Gasteiger partial charge on any atom is 0.145 e. The average molecular weight is 141 g/mol. The fourth-order valence-electron chi connectivity index (χ4n) is 0.879. The standard InChI is InChI=1S/C6H11N3O/c1-2-9-5(4-10)3-6(7)8-9/h3,10H,2,4H2,1H3,(H2,7,8). The van der Waals surface area contributed by atoms with Gasteiger partial charge in [0.2, 0.25) is 0 Å². The number of hydrogen-bond acceptors (Lipinski definition) is 3. The first-order valence-corrected chi connectivity index (χ1v) is 3.21. The highest BCUT2D eigenvalue weighted by Gasteiger charge is 2.00. The number of anilines is 1. The summed E-state index contributed by atoms with van der Waals surface area (Å²) in [4.78, 5) is 0. The number of hydrogen-bond donors (Lipinski definition) is 2. The topological polar surface area (TPSA) is 64.1 Å². The Bertz CT molecular complexity index is 197. The lowest BCUT2D eigenvalue weighted by Gasteiger charge is -1.97. The Morgan fingerprint density at radius 2 is 2.50 bits per heavy atom. The number of nitrogens with zero attached hydrogens (tertiary/aromatic N) is 2. The lowest BCUT2D eigenvalue weighted by atomic mass is 10.4. The molecule has 1 rings (SSSR count). The van der Waals surface area contributed by atoms with Gasteiger partial charge in [-0.3, -0.25) is 4.68 Å². The van der Waals surface area contributed by atoms with Crippen LogP contribution >= 0.6 is 0 Å². The van der Waals surface area contributed by atoms with Crippen molar-refractivity contribution in [3.8, 4) is 0 Å². The van der Waals surface area contributed by atoms with Gasteiger partial charge in [0.1, 0.15) is 5.82 Å². The second-order valence-electron chi connectivity index (χ2n) is 2.03. The summed E-state index contributed by atoms with van der Waals surface area (Å²) in [5.41, 5.74) is 6.15. The fourth-order valence-corrected chi connectivity index (χ4v) is 0.879. The van der Waals surface area contributed by atoms with Gasteiger partial charge in [-0.1, -0.05) is 0 Å². The zero-order chi connectivity index (χ0) is 7.56. The average Bonchev–Trinajstić information content (AvgIpc) is 2.30. The highest BCUT2D eigenvalue weighted by atomic mass is 16.3. The van der Waals surface area contributed by atoms with Crippen LogP contribution in [-0.2, 0) is 13.2 Å². The second kappa shape index (κ2) is 2.70. The molecule has 56 valence electrons. The maximum absolute atomic E-state index is 8.75. The van der Waals surface area contributed by atoms with Crippen molar-refractivity contribution in [2.75, 3.05) is 5.73 Å². The van der Waals surface area contributed by atoms with Gasteiger partial charge in [-0.25, -0.2) is 0 Å². The molecular formula is C6H11N3O.